The van der Waals surface area contributed by atoms with Crippen molar-refractivity contribution in [1.29, 1.82) is 0 Å². The average Bonchev–Trinajstić information content (AvgIpc) is 2.44. The lowest BCUT2D eigenvalue weighted by Gasteiger charge is -2.01. The van der Waals surface area contributed by atoms with Crippen molar-refractivity contribution in [3.63, 3.8) is 0 Å². The van der Waals surface area contributed by atoms with E-state index in [0.717, 1.165) is 38.6 Å². The van der Waals surface area contributed by atoms with Crippen LogP contribution >= 0.6 is 0 Å². The lowest BCUT2D eigenvalue weighted by molar-refractivity contribution is 0.942. The molecule has 0 aromatic heterocycles. The molecule has 0 fully saturated rings. The second-order valence-corrected chi connectivity index (χ2v) is 4.75. The monoisotopic (exact) mass is 261 g/mol. The maximum atomic E-state index is 4.59. The standard InChI is InChI=1S/C18H31N/c1-5-9-11-12-14-18(8-4)16-19-15-17(7-3)13-10-6-2/h5,9,13-15H,6-8,10-12,16H2,1-4H3/b9-5+,17-13+,18-14+,19-15-. The van der Waals surface area contributed by atoms with Crippen LogP contribution < -0.4 is 0 Å². The number of hydrogen-bond donors (Lipinski definition) is 0. The fourth-order valence-electron chi connectivity index (χ4n) is 1.77. The average molecular weight is 261 g/mol. The SMILES string of the molecule is C/C=C/CC/C=C(\CC)C/N=C\C(=C\CCC)CC. The smallest absolute Gasteiger partial charge is 0.0599 e. The maximum absolute atomic E-state index is 4.59. The second kappa shape index (κ2) is 13.3. The van der Waals surface area contributed by atoms with Crippen LogP contribution in [0.25, 0.3) is 0 Å². The molecule has 0 bridgehead atoms. The molecule has 0 saturated carbocycles. The number of unbranched alkanes of at least 4 members (excludes halogenated alkanes) is 2. The van der Waals surface area contributed by atoms with E-state index in [9.17, 15) is 0 Å². The van der Waals surface area contributed by atoms with Gasteiger partial charge in [-0.05, 0) is 44.6 Å². The molecular weight excluding hydrogens is 230 g/mol. The van der Waals surface area contributed by atoms with Crippen LogP contribution in [0.2, 0.25) is 0 Å². The first-order valence-electron chi connectivity index (χ1n) is 7.76. The fraction of sp³-hybridized carbons (Fsp3) is 0.611. The van der Waals surface area contributed by atoms with Crippen LogP contribution in [0.3, 0.4) is 0 Å². The third-order valence-electron chi connectivity index (χ3n) is 3.11. The zero-order valence-corrected chi connectivity index (χ0v) is 13.3. The molecular formula is C18H31N. The minimum atomic E-state index is 0.857. The molecule has 1 heteroatoms. The lowest BCUT2D eigenvalue weighted by Crippen LogP contribution is -1.90. The summed E-state index contributed by atoms with van der Waals surface area (Å²) in [6.45, 7) is 9.55. The van der Waals surface area contributed by atoms with Gasteiger partial charge in [-0.2, -0.15) is 0 Å². The zero-order valence-electron chi connectivity index (χ0n) is 13.3. The van der Waals surface area contributed by atoms with Crippen LogP contribution in [0, 0.1) is 0 Å². The lowest BCUT2D eigenvalue weighted by atomic mass is 10.1. The quantitative estimate of drug-likeness (QED) is 0.264. The summed E-state index contributed by atoms with van der Waals surface area (Å²) < 4.78 is 0. The summed E-state index contributed by atoms with van der Waals surface area (Å²) in [6.07, 6.45) is 17.9. The van der Waals surface area contributed by atoms with Crippen LogP contribution in [-0.2, 0) is 0 Å². The van der Waals surface area contributed by atoms with E-state index in [-0.39, 0.29) is 0 Å². The van der Waals surface area contributed by atoms with E-state index < -0.39 is 0 Å². The third-order valence-corrected chi connectivity index (χ3v) is 3.11. The molecule has 0 amide bonds. The molecule has 0 rings (SSSR count). The van der Waals surface area contributed by atoms with Crippen molar-refractivity contribution in [2.75, 3.05) is 6.54 Å². The van der Waals surface area contributed by atoms with E-state index in [2.05, 4.69) is 63.2 Å². The van der Waals surface area contributed by atoms with Crippen molar-refractivity contribution >= 4 is 6.21 Å². The molecule has 0 heterocycles. The molecule has 108 valence electrons. The minimum Gasteiger partial charge on any atom is -0.289 e. The molecule has 0 N–H and O–H groups in total. The Bertz CT molecular complexity index is 319. The van der Waals surface area contributed by atoms with Crippen LogP contribution in [-0.4, -0.2) is 12.8 Å². The van der Waals surface area contributed by atoms with Crippen molar-refractivity contribution in [1.82, 2.24) is 0 Å². The number of aliphatic imine (C=N–C) groups is 1. The Kier molecular flexibility index (Phi) is 12.5. The predicted molar refractivity (Wildman–Crippen MR) is 89.1 cm³/mol. The Morgan fingerprint density at radius 1 is 0.947 bits per heavy atom. The summed E-state index contributed by atoms with van der Waals surface area (Å²) >= 11 is 0. The van der Waals surface area contributed by atoms with Crippen molar-refractivity contribution in [2.45, 2.75) is 66.2 Å². The molecule has 0 aliphatic heterocycles. The van der Waals surface area contributed by atoms with E-state index in [1.165, 1.54) is 17.6 Å². The number of hydrogen-bond acceptors (Lipinski definition) is 1. The van der Waals surface area contributed by atoms with E-state index in [4.69, 9.17) is 0 Å². The molecule has 0 atom stereocenters. The van der Waals surface area contributed by atoms with Crippen LogP contribution in [0.5, 0.6) is 0 Å². The van der Waals surface area contributed by atoms with Crippen LogP contribution in [0.1, 0.15) is 66.2 Å². The summed E-state index contributed by atoms with van der Waals surface area (Å²) in [5.74, 6) is 0. The third kappa shape index (κ3) is 10.5. The van der Waals surface area contributed by atoms with Crippen molar-refractivity contribution in [2.24, 2.45) is 4.99 Å². The normalized spacial score (nSPS) is 13.9. The highest BCUT2D eigenvalue weighted by Crippen LogP contribution is 2.06. The van der Waals surface area contributed by atoms with E-state index in [0.29, 0.717) is 0 Å². The molecule has 0 unspecified atom stereocenters. The van der Waals surface area contributed by atoms with Crippen molar-refractivity contribution < 1.29 is 0 Å². The number of nitrogens with zero attached hydrogens (tertiary/aromatic N) is 1. The van der Waals surface area contributed by atoms with Gasteiger partial charge in [0.1, 0.15) is 0 Å². The molecule has 0 aliphatic rings. The van der Waals surface area contributed by atoms with Gasteiger partial charge in [-0.15, -0.1) is 0 Å². The summed E-state index contributed by atoms with van der Waals surface area (Å²) in [4.78, 5) is 4.59. The van der Waals surface area contributed by atoms with Gasteiger partial charge in [0.25, 0.3) is 0 Å². The van der Waals surface area contributed by atoms with Gasteiger partial charge in [-0.1, -0.05) is 57.1 Å². The van der Waals surface area contributed by atoms with Gasteiger partial charge < -0.3 is 0 Å². The first-order valence-corrected chi connectivity index (χ1v) is 7.76. The number of rotatable bonds is 10. The Balaban J connectivity index is 4.24. The predicted octanol–water partition coefficient (Wildman–Crippen LogP) is 5.89. The Hall–Kier alpha value is -1.11. The Labute approximate surface area is 120 Å². The van der Waals surface area contributed by atoms with Gasteiger partial charge in [0.15, 0.2) is 0 Å². The highest BCUT2D eigenvalue weighted by Gasteiger charge is 1.93. The largest absolute Gasteiger partial charge is 0.289 e. The summed E-state index contributed by atoms with van der Waals surface area (Å²) in [6, 6.07) is 0. The highest BCUT2D eigenvalue weighted by molar-refractivity contribution is 5.78. The van der Waals surface area contributed by atoms with Gasteiger partial charge in [-0.3, -0.25) is 4.99 Å². The zero-order chi connectivity index (χ0) is 14.3. The summed E-state index contributed by atoms with van der Waals surface area (Å²) in [5, 5.41) is 0. The highest BCUT2D eigenvalue weighted by atomic mass is 14.7. The fourth-order valence-corrected chi connectivity index (χ4v) is 1.77. The number of allylic oxidation sites excluding steroid dienone is 5. The van der Waals surface area contributed by atoms with Crippen molar-refractivity contribution in [3.05, 3.63) is 35.5 Å². The van der Waals surface area contributed by atoms with Gasteiger partial charge in [0, 0.05) is 6.21 Å². The topological polar surface area (TPSA) is 12.4 Å². The second-order valence-electron chi connectivity index (χ2n) is 4.75. The Morgan fingerprint density at radius 2 is 1.74 bits per heavy atom. The van der Waals surface area contributed by atoms with Gasteiger partial charge in [-0.25, -0.2) is 0 Å². The molecule has 0 radical (unpaired) electrons. The molecule has 1 nitrogen and oxygen atoms in total. The molecule has 0 aromatic carbocycles. The molecule has 0 aromatic rings. The van der Waals surface area contributed by atoms with Gasteiger partial charge in [0.05, 0.1) is 6.54 Å². The first-order chi connectivity index (χ1) is 9.28. The molecule has 19 heavy (non-hydrogen) atoms. The van der Waals surface area contributed by atoms with Gasteiger partial charge in [0.2, 0.25) is 0 Å². The summed E-state index contributed by atoms with van der Waals surface area (Å²) in [5.41, 5.74) is 2.82. The minimum absolute atomic E-state index is 0.857. The van der Waals surface area contributed by atoms with Crippen molar-refractivity contribution in [3.8, 4) is 0 Å². The van der Waals surface area contributed by atoms with Crippen LogP contribution in [0.15, 0.2) is 40.4 Å². The van der Waals surface area contributed by atoms with E-state index >= 15 is 0 Å². The van der Waals surface area contributed by atoms with Crippen LogP contribution in [0.4, 0.5) is 0 Å². The Morgan fingerprint density at radius 3 is 2.32 bits per heavy atom. The van der Waals surface area contributed by atoms with E-state index in [1.54, 1.807) is 0 Å². The summed E-state index contributed by atoms with van der Waals surface area (Å²) in [7, 11) is 0. The first kappa shape index (κ1) is 17.9. The molecule has 0 aliphatic carbocycles. The molecule has 0 spiro atoms. The maximum Gasteiger partial charge on any atom is 0.0599 e. The molecule has 0 saturated heterocycles. The van der Waals surface area contributed by atoms with E-state index in [1.807, 2.05) is 0 Å². The van der Waals surface area contributed by atoms with Gasteiger partial charge >= 0.3 is 0 Å².